The van der Waals surface area contributed by atoms with Crippen molar-refractivity contribution in [1.29, 1.82) is 0 Å². The zero-order valence-corrected chi connectivity index (χ0v) is 11.6. The van der Waals surface area contributed by atoms with Gasteiger partial charge in [-0.2, -0.15) is 0 Å². The Kier molecular flexibility index (Phi) is 2.87. The van der Waals surface area contributed by atoms with Gasteiger partial charge in [-0.3, -0.25) is 0 Å². The van der Waals surface area contributed by atoms with Gasteiger partial charge in [0.05, 0.1) is 15.9 Å². The Morgan fingerprint density at radius 1 is 1.47 bits per heavy atom. The number of nitrogens with one attached hydrogen (secondary N) is 1. The van der Waals surface area contributed by atoms with Crippen molar-refractivity contribution in [2.75, 3.05) is 6.26 Å². The fourth-order valence-corrected chi connectivity index (χ4v) is 2.93. The number of imidazole rings is 1. The van der Waals surface area contributed by atoms with Crippen LogP contribution in [0.4, 0.5) is 0 Å². The predicted molar refractivity (Wildman–Crippen MR) is 73.6 cm³/mol. The van der Waals surface area contributed by atoms with Crippen molar-refractivity contribution in [3.63, 3.8) is 0 Å². The maximum Gasteiger partial charge on any atom is 0.175 e. The summed E-state index contributed by atoms with van der Waals surface area (Å²) in [6, 6.07) is 5.09. The third kappa shape index (κ3) is 2.64. The molecule has 1 heterocycles. The molecule has 6 heteroatoms. The molecule has 1 aromatic carbocycles. The zero-order chi connectivity index (χ0) is 13.6. The molecule has 0 spiro atoms. The minimum absolute atomic E-state index is 0.148. The average molecular weight is 279 g/mol. The topological polar surface area (TPSA) is 88.8 Å². The summed E-state index contributed by atoms with van der Waals surface area (Å²) in [6.45, 7) is 0. The van der Waals surface area contributed by atoms with Gasteiger partial charge in [0.25, 0.3) is 0 Å². The molecule has 1 aliphatic rings. The summed E-state index contributed by atoms with van der Waals surface area (Å²) in [5, 5.41) is 0. The smallest absolute Gasteiger partial charge is 0.175 e. The van der Waals surface area contributed by atoms with Gasteiger partial charge in [-0.25, -0.2) is 13.4 Å². The Labute approximate surface area is 112 Å². The monoisotopic (exact) mass is 279 g/mol. The fraction of sp³-hybridized carbons (Fsp3) is 0.462. The summed E-state index contributed by atoms with van der Waals surface area (Å²) in [4.78, 5) is 7.93. The Morgan fingerprint density at radius 3 is 2.84 bits per heavy atom. The number of nitrogens with two attached hydrogens (primary N) is 1. The number of hydrogen-bond acceptors (Lipinski definition) is 4. The first-order valence-electron chi connectivity index (χ1n) is 6.38. The Balaban J connectivity index is 1.92. The van der Waals surface area contributed by atoms with E-state index in [9.17, 15) is 8.42 Å². The predicted octanol–water partition coefficient (Wildman–Crippen LogP) is 1.25. The van der Waals surface area contributed by atoms with Crippen molar-refractivity contribution >= 4 is 20.9 Å². The lowest BCUT2D eigenvalue weighted by molar-refractivity contribution is 0.579. The van der Waals surface area contributed by atoms with Crippen LogP contribution in [0, 0.1) is 5.92 Å². The Hall–Kier alpha value is -1.40. The third-order valence-corrected chi connectivity index (χ3v) is 4.70. The molecule has 1 aromatic heterocycles. The first-order chi connectivity index (χ1) is 8.93. The van der Waals surface area contributed by atoms with Gasteiger partial charge < -0.3 is 10.7 Å². The van der Waals surface area contributed by atoms with E-state index in [1.165, 1.54) is 19.1 Å². The maximum absolute atomic E-state index is 11.5. The van der Waals surface area contributed by atoms with E-state index in [1.807, 2.05) is 0 Å². The molecule has 3 rings (SSSR count). The first kappa shape index (κ1) is 12.6. The van der Waals surface area contributed by atoms with Gasteiger partial charge in [0, 0.05) is 18.7 Å². The van der Waals surface area contributed by atoms with E-state index >= 15 is 0 Å². The minimum Gasteiger partial charge on any atom is -0.342 e. The number of hydrogen-bond donors (Lipinski definition) is 2. The summed E-state index contributed by atoms with van der Waals surface area (Å²) in [7, 11) is -3.18. The largest absolute Gasteiger partial charge is 0.342 e. The normalized spacial score (nSPS) is 17.8. The van der Waals surface area contributed by atoms with E-state index in [4.69, 9.17) is 5.73 Å². The molecule has 2 aromatic rings. The first-order valence-corrected chi connectivity index (χ1v) is 8.27. The van der Waals surface area contributed by atoms with Crippen LogP contribution in [0.25, 0.3) is 11.0 Å². The van der Waals surface area contributed by atoms with Crippen LogP contribution in [0.3, 0.4) is 0 Å². The lowest BCUT2D eigenvalue weighted by atomic mass is 10.1. The number of rotatable bonds is 4. The Bertz CT molecular complexity index is 717. The molecule has 1 fully saturated rings. The number of nitrogens with zero attached hydrogens (tertiary/aromatic N) is 1. The van der Waals surface area contributed by atoms with E-state index in [2.05, 4.69) is 9.97 Å². The lowest BCUT2D eigenvalue weighted by Gasteiger charge is -2.06. The lowest BCUT2D eigenvalue weighted by Crippen LogP contribution is -2.25. The van der Waals surface area contributed by atoms with Crippen molar-refractivity contribution in [2.24, 2.45) is 11.7 Å². The zero-order valence-electron chi connectivity index (χ0n) is 10.8. The van der Waals surface area contributed by atoms with Gasteiger partial charge in [-0.1, -0.05) is 0 Å². The highest BCUT2D eigenvalue weighted by molar-refractivity contribution is 7.90. The molecule has 3 N–H and O–H groups in total. The van der Waals surface area contributed by atoms with Crippen molar-refractivity contribution in [2.45, 2.75) is 30.2 Å². The van der Waals surface area contributed by atoms with Crippen molar-refractivity contribution in [3.05, 3.63) is 24.0 Å². The number of benzene rings is 1. The number of aromatic nitrogens is 2. The number of fused-ring (bicyclic) bond motifs is 1. The highest BCUT2D eigenvalue weighted by Crippen LogP contribution is 2.32. The number of aromatic amines is 1. The summed E-state index contributed by atoms with van der Waals surface area (Å²) in [5.41, 5.74) is 7.61. The average Bonchev–Trinajstić information content (AvgIpc) is 3.08. The molecule has 5 nitrogen and oxygen atoms in total. The van der Waals surface area contributed by atoms with Gasteiger partial charge in [0.2, 0.25) is 0 Å². The van der Waals surface area contributed by atoms with Crippen LogP contribution >= 0.6 is 0 Å². The van der Waals surface area contributed by atoms with Crippen LogP contribution in [0.15, 0.2) is 23.1 Å². The van der Waals surface area contributed by atoms with Gasteiger partial charge in [0.15, 0.2) is 9.84 Å². The van der Waals surface area contributed by atoms with Crippen LogP contribution in [-0.4, -0.2) is 30.7 Å². The molecule has 1 unspecified atom stereocenters. The summed E-state index contributed by atoms with van der Waals surface area (Å²) < 4.78 is 23.0. The molecule has 1 atom stereocenters. The van der Waals surface area contributed by atoms with E-state index in [0.717, 1.165) is 16.9 Å². The third-order valence-electron chi connectivity index (χ3n) is 3.59. The highest BCUT2D eigenvalue weighted by atomic mass is 32.2. The quantitative estimate of drug-likeness (QED) is 0.881. The van der Waals surface area contributed by atoms with Crippen LogP contribution in [-0.2, 0) is 16.3 Å². The molecule has 0 bridgehead atoms. The molecular weight excluding hydrogens is 262 g/mol. The van der Waals surface area contributed by atoms with Crippen LogP contribution in [0.2, 0.25) is 0 Å². The molecule has 1 aliphatic carbocycles. The van der Waals surface area contributed by atoms with E-state index in [0.29, 0.717) is 17.2 Å². The standard InChI is InChI=1S/C13H17N3O2S/c1-19(17,18)9-4-5-11-12(6-9)16-13(15-11)7-10(14)8-2-3-8/h4-6,8,10H,2-3,7,14H2,1H3,(H,15,16). The Morgan fingerprint density at radius 2 is 2.21 bits per heavy atom. The summed E-state index contributed by atoms with van der Waals surface area (Å²) >= 11 is 0. The molecule has 1 saturated carbocycles. The van der Waals surface area contributed by atoms with Crippen LogP contribution in [0.1, 0.15) is 18.7 Å². The van der Waals surface area contributed by atoms with Gasteiger partial charge in [0.1, 0.15) is 5.82 Å². The van der Waals surface area contributed by atoms with Crippen LogP contribution < -0.4 is 5.73 Å². The van der Waals surface area contributed by atoms with Gasteiger partial charge in [-0.15, -0.1) is 0 Å². The fourth-order valence-electron chi connectivity index (χ4n) is 2.28. The second kappa shape index (κ2) is 4.31. The molecule has 102 valence electrons. The summed E-state index contributed by atoms with van der Waals surface area (Å²) in [6.07, 6.45) is 4.33. The van der Waals surface area contributed by atoms with Crippen molar-refractivity contribution in [3.8, 4) is 0 Å². The molecule has 19 heavy (non-hydrogen) atoms. The van der Waals surface area contributed by atoms with Gasteiger partial charge in [-0.05, 0) is 37.0 Å². The second-order valence-corrected chi connectivity index (χ2v) is 7.36. The number of sulfone groups is 1. The molecule has 0 saturated heterocycles. The minimum atomic E-state index is -3.18. The van der Waals surface area contributed by atoms with E-state index in [1.54, 1.807) is 18.2 Å². The molecule has 0 aliphatic heterocycles. The maximum atomic E-state index is 11.5. The SMILES string of the molecule is CS(=O)(=O)c1ccc2nc(CC(N)C3CC3)[nH]c2c1. The van der Waals surface area contributed by atoms with Crippen LogP contribution in [0.5, 0.6) is 0 Å². The molecular formula is C13H17N3O2S. The van der Waals surface area contributed by atoms with Crippen molar-refractivity contribution < 1.29 is 8.42 Å². The van der Waals surface area contributed by atoms with Gasteiger partial charge >= 0.3 is 0 Å². The number of H-pyrrole nitrogens is 1. The van der Waals surface area contributed by atoms with E-state index < -0.39 is 9.84 Å². The highest BCUT2D eigenvalue weighted by Gasteiger charge is 2.29. The van der Waals surface area contributed by atoms with Crippen molar-refractivity contribution in [1.82, 2.24) is 9.97 Å². The molecule has 0 amide bonds. The van der Waals surface area contributed by atoms with E-state index in [-0.39, 0.29) is 6.04 Å². The molecule has 0 radical (unpaired) electrons. The summed E-state index contributed by atoms with van der Waals surface area (Å²) in [5.74, 6) is 1.46. The second-order valence-electron chi connectivity index (χ2n) is 5.34.